The van der Waals surface area contributed by atoms with Crippen molar-refractivity contribution in [2.24, 2.45) is 0 Å². The Bertz CT molecular complexity index is 536. The third-order valence-electron chi connectivity index (χ3n) is 3.42. The summed E-state index contributed by atoms with van der Waals surface area (Å²) in [5, 5.41) is 10.9. The Hall–Kier alpha value is -1.31. The molecule has 0 aromatic heterocycles. The molecule has 0 bridgehead atoms. The van der Waals surface area contributed by atoms with E-state index in [2.05, 4.69) is 19.1 Å². The third-order valence-corrected chi connectivity index (χ3v) is 3.79. The van der Waals surface area contributed by atoms with Crippen molar-refractivity contribution in [1.82, 2.24) is 0 Å². The van der Waals surface area contributed by atoms with Crippen LogP contribution in [0.1, 0.15) is 23.1 Å². The molecule has 0 spiro atoms. The van der Waals surface area contributed by atoms with Gasteiger partial charge in [0.2, 0.25) is 0 Å². The van der Waals surface area contributed by atoms with Gasteiger partial charge in [0, 0.05) is 5.02 Å². The topological polar surface area (TPSA) is 20.2 Å². The fraction of sp³-hybridized carbons (Fsp3) is 0.294. The van der Waals surface area contributed by atoms with Crippen LogP contribution in [0.3, 0.4) is 0 Å². The van der Waals surface area contributed by atoms with Gasteiger partial charge in [-0.25, -0.2) is 0 Å². The quantitative estimate of drug-likeness (QED) is 0.867. The lowest BCUT2D eigenvalue weighted by molar-refractivity contribution is 0.165. The highest BCUT2D eigenvalue weighted by atomic mass is 35.5. The van der Waals surface area contributed by atoms with Crippen LogP contribution in [0.5, 0.6) is 0 Å². The highest BCUT2D eigenvalue weighted by Crippen LogP contribution is 2.18. The summed E-state index contributed by atoms with van der Waals surface area (Å²) in [5.41, 5.74) is 3.61. The zero-order valence-corrected chi connectivity index (χ0v) is 11.9. The number of halogens is 1. The van der Waals surface area contributed by atoms with E-state index < -0.39 is 0 Å². The van der Waals surface area contributed by atoms with E-state index in [1.54, 1.807) is 0 Å². The SMILES string of the molecule is Cc1ccccc1CCC(O)Cc1ccccc1Cl. The summed E-state index contributed by atoms with van der Waals surface area (Å²) in [6.07, 6.45) is 1.93. The number of aryl methyl sites for hydroxylation is 2. The molecule has 19 heavy (non-hydrogen) atoms. The smallest absolute Gasteiger partial charge is 0.0584 e. The lowest BCUT2D eigenvalue weighted by Gasteiger charge is -2.12. The van der Waals surface area contributed by atoms with E-state index in [0.29, 0.717) is 6.42 Å². The van der Waals surface area contributed by atoms with E-state index in [1.807, 2.05) is 36.4 Å². The van der Waals surface area contributed by atoms with Crippen molar-refractivity contribution in [3.8, 4) is 0 Å². The molecule has 1 N–H and O–H groups in total. The van der Waals surface area contributed by atoms with Crippen LogP contribution in [0.4, 0.5) is 0 Å². The predicted molar refractivity (Wildman–Crippen MR) is 80.7 cm³/mol. The average Bonchev–Trinajstić information content (AvgIpc) is 2.40. The summed E-state index contributed by atoms with van der Waals surface area (Å²) in [6, 6.07) is 16.0. The van der Waals surface area contributed by atoms with Crippen LogP contribution in [0.25, 0.3) is 0 Å². The van der Waals surface area contributed by atoms with Gasteiger partial charge in [0.25, 0.3) is 0 Å². The number of aliphatic hydroxyl groups excluding tert-OH is 1. The molecule has 2 aromatic rings. The van der Waals surface area contributed by atoms with Gasteiger partial charge in [0.15, 0.2) is 0 Å². The van der Waals surface area contributed by atoms with Crippen LogP contribution in [-0.2, 0) is 12.8 Å². The van der Waals surface area contributed by atoms with Crippen molar-refractivity contribution in [2.45, 2.75) is 32.3 Å². The molecule has 1 atom stereocenters. The maximum absolute atomic E-state index is 10.1. The van der Waals surface area contributed by atoms with Crippen molar-refractivity contribution in [3.63, 3.8) is 0 Å². The molecule has 0 heterocycles. The summed E-state index contributed by atoms with van der Waals surface area (Å²) in [6.45, 7) is 2.11. The van der Waals surface area contributed by atoms with Crippen LogP contribution >= 0.6 is 11.6 Å². The minimum absolute atomic E-state index is 0.348. The molecule has 1 unspecified atom stereocenters. The molecule has 0 aliphatic carbocycles. The maximum Gasteiger partial charge on any atom is 0.0584 e. The average molecular weight is 275 g/mol. The fourth-order valence-corrected chi connectivity index (χ4v) is 2.45. The number of rotatable bonds is 5. The molecule has 0 saturated heterocycles. The first kappa shape index (κ1) is 14.1. The van der Waals surface area contributed by atoms with Crippen molar-refractivity contribution in [3.05, 3.63) is 70.2 Å². The summed E-state index contributed by atoms with van der Waals surface area (Å²) in [5.74, 6) is 0. The summed E-state index contributed by atoms with van der Waals surface area (Å²) >= 11 is 6.10. The zero-order valence-electron chi connectivity index (χ0n) is 11.1. The predicted octanol–water partition coefficient (Wildman–Crippen LogP) is 4.18. The minimum Gasteiger partial charge on any atom is -0.393 e. The van der Waals surface area contributed by atoms with Gasteiger partial charge in [0.05, 0.1) is 6.10 Å². The molecule has 2 heteroatoms. The van der Waals surface area contributed by atoms with Crippen molar-refractivity contribution < 1.29 is 5.11 Å². The molecule has 1 nitrogen and oxygen atoms in total. The van der Waals surface area contributed by atoms with E-state index in [1.165, 1.54) is 11.1 Å². The summed E-state index contributed by atoms with van der Waals surface area (Å²) < 4.78 is 0. The first-order chi connectivity index (χ1) is 9.16. The highest BCUT2D eigenvalue weighted by molar-refractivity contribution is 6.31. The Labute approximate surface area is 119 Å². The van der Waals surface area contributed by atoms with Gasteiger partial charge in [-0.05, 0) is 48.9 Å². The normalized spacial score (nSPS) is 12.4. The molecule has 0 aliphatic heterocycles. The van der Waals surface area contributed by atoms with Crippen LogP contribution in [-0.4, -0.2) is 11.2 Å². The molecule has 0 aliphatic rings. The second-order valence-corrected chi connectivity index (χ2v) is 5.32. The first-order valence-electron chi connectivity index (χ1n) is 6.63. The Kier molecular flexibility index (Phi) is 5.00. The van der Waals surface area contributed by atoms with Crippen LogP contribution in [0.15, 0.2) is 48.5 Å². The van der Waals surface area contributed by atoms with E-state index in [-0.39, 0.29) is 6.10 Å². The van der Waals surface area contributed by atoms with Gasteiger partial charge in [-0.2, -0.15) is 0 Å². The molecule has 100 valence electrons. The number of hydrogen-bond acceptors (Lipinski definition) is 1. The van der Waals surface area contributed by atoms with E-state index in [0.717, 1.165) is 23.4 Å². The first-order valence-corrected chi connectivity index (χ1v) is 7.00. The number of hydrogen-bond donors (Lipinski definition) is 1. The van der Waals surface area contributed by atoms with E-state index >= 15 is 0 Å². The number of aliphatic hydroxyl groups is 1. The molecule has 2 rings (SSSR count). The summed E-state index contributed by atoms with van der Waals surface area (Å²) in [4.78, 5) is 0. The molecule has 2 aromatic carbocycles. The lowest BCUT2D eigenvalue weighted by atomic mass is 9.99. The number of benzene rings is 2. The van der Waals surface area contributed by atoms with E-state index in [4.69, 9.17) is 11.6 Å². The van der Waals surface area contributed by atoms with Gasteiger partial charge in [0.1, 0.15) is 0 Å². The minimum atomic E-state index is -0.348. The molecular weight excluding hydrogens is 256 g/mol. The fourth-order valence-electron chi connectivity index (χ4n) is 2.23. The van der Waals surface area contributed by atoms with E-state index in [9.17, 15) is 5.11 Å². The third kappa shape index (κ3) is 4.09. The Morgan fingerprint density at radius 1 is 1.00 bits per heavy atom. The van der Waals surface area contributed by atoms with Crippen molar-refractivity contribution in [1.29, 1.82) is 0 Å². The molecule has 0 radical (unpaired) electrons. The Balaban J connectivity index is 1.90. The largest absolute Gasteiger partial charge is 0.393 e. The Morgan fingerprint density at radius 2 is 1.63 bits per heavy atom. The molecular formula is C17H19ClO. The second-order valence-electron chi connectivity index (χ2n) is 4.91. The maximum atomic E-state index is 10.1. The molecule has 0 saturated carbocycles. The monoisotopic (exact) mass is 274 g/mol. The van der Waals surface area contributed by atoms with Crippen LogP contribution in [0, 0.1) is 6.92 Å². The zero-order chi connectivity index (χ0) is 13.7. The standard InChI is InChI=1S/C17H19ClO/c1-13-6-2-3-7-14(13)10-11-16(19)12-15-8-4-5-9-17(15)18/h2-9,16,19H,10-12H2,1H3. The van der Waals surface area contributed by atoms with Crippen molar-refractivity contribution >= 4 is 11.6 Å². The van der Waals surface area contributed by atoms with Crippen LogP contribution in [0.2, 0.25) is 5.02 Å². The lowest BCUT2D eigenvalue weighted by Crippen LogP contribution is -2.12. The van der Waals surface area contributed by atoms with Crippen molar-refractivity contribution in [2.75, 3.05) is 0 Å². The second kappa shape index (κ2) is 6.74. The van der Waals surface area contributed by atoms with Gasteiger partial charge in [-0.1, -0.05) is 54.1 Å². The van der Waals surface area contributed by atoms with Gasteiger partial charge in [-0.3, -0.25) is 0 Å². The summed E-state index contributed by atoms with van der Waals surface area (Å²) in [7, 11) is 0. The highest BCUT2D eigenvalue weighted by Gasteiger charge is 2.09. The van der Waals surface area contributed by atoms with Gasteiger partial charge in [-0.15, -0.1) is 0 Å². The van der Waals surface area contributed by atoms with Crippen LogP contribution < -0.4 is 0 Å². The Morgan fingerprint density at radius 3 is 2.32 bits per heavy atom. The molecule has 0 amide bonds. The van der Waals surface area contributed by atoms with Gasteiger partial charge >= 0.3 is 0 Å². The van der Waals surface area contributed by atoms with Gasteiger partial charge < -0.3 is 5.11 Å². The molecule has 0 fully saturated rings.